The van der Waals surface area contributed by atoms with E-state index in [9.17, 15) is 4.79 Å². The smallest absolute Gasteiger partial charge is 0.403 e. The predicted octanol–water partition coefficient (Wildman–Crippen LogP) is 5.45. The minimum atomic E-state index is -0.451. The minimum Gasteiger partial charge on any atom is -0.453 e. The second kappa shape index (κ2) is 6.65. The maximum Gasteiger partial charge on any atom is 0.403 e. The van der Waals surface area contributed by atoms with Crippen molar-refractivity contribution in [3.8, 4) is 23.3 Å². The fraction of sp³-hybridized carbons (Fsp3) is 0.100. The molecule has 130 valence electrons. The first-order valence-electron chi connectivity index (χ1n) is 8.02. The van der Waals surface area contributed by atoms with E-state index in [0.717, 1.165) is 10.4 Å². The SMILES string of the molecule is Cc1sc2nc(Oc3ccccc3Oc3ccccc3)oc(=O)c2c1C. The lowest BCUT2D eigenvalue weighted by Crippen LogP contribution is -2.02. The van der Waals surface area contributed by atoms with E-state index in [0.29, 0.717) is 27.5 Å². The number of ether oxygens (including phenoxy) is 2. The molecular formula is C20H15NO4S. The van der Waals surface area contributed by atoms with Gasteiger partial charge in [0.25, 0.3) is 0 Å². The van der Waals surface area contributed by atoms with Crippen LogP contribution < -0.4 is 15.1 Å². The summed E-state index contributed by atoms with van der Waals surface area (Å²) in [5, 5.41) is 0.508. The van der Waals surface area contributed by atoms with Gasteiger partial charge in [0.15, 0.2) is 11.5 Å². The van der Waals surface area contributed by atoms with Gasteiger partial charge >= 0.3 is 11.7 Å². The molecular weight excluding hydrogens is 350 g/mol. The van der Waals surface area contributed by atoms with Crippen molar-refractivity contribution >= 4 is 21.6 Å². The number of benzene rings is 2. The Balaban J connectivity index is 1.70. The largest absolute Gasteiger partial charge is 0.453 e. The lowest BCUT2D eigenvalue weighted by atomic mass is 10.2. The molecule has 26 heavy (non-hydrogen) atoms. The molecule has 6 heteroatoms. The summed E-state index contributed by atoms with van der Waals surface area (Å²) >= 11 is 1.44. The van der Waals surface area contributed by atoms with Crippen LogP contribution in [0.2, 0.25) is 0 Å². The molecule has 5 nitrogen and oxygen atoms in total. The molecule has 0 saturated carbocycles. The summed E-state index contributed by atoms with van der Waals surface area (Å²) in [7, 11) is 0. The van der Waals surface area contributed by atoms with E-state index in [1.165, 1.54) is 11.3 Å². The van der Waals surface area contributed by atoms with Crippen molar-refractivity contribution in [2.75, 3.05) is 0 Å². The van der Waals surface area contributed by atoms with Crippen LogP contribution >= 0.6 is 11.3 Å². The summed E-state index contributed by atoms with van der Waals surface area (Å²) in [5.41, 5.74) is 0.443. The summed E-state index contributed by atoms with van der Waals surface area (Å²) in [5.74, 6) is 1.59. The Morgan fingerprint density at radius 1 is 0.923 bits per heavy atom. The van der Waals surface area contributed by atoms with E-state index < -0.39 is 5.63 Å². The molecule has 0 atom stereocenters. The van der Waals surface area contributed by atoms with Gasteiger partial charge in [-0.05, 0) is 43.7 Å². The third kappa shape index (κ3) is 3.07. The van der Waals surface area contributed by atoms with Gasteiger partial charge in [0.1, 0.15) is 16.0 Å². The Bertz CT molecular complexity index is 1130. The molecule has 0 aliphatic carbocycles. The molecule has 0 amide bonds. The third-order valence-electron chi connectivity index (χ3n) is 3.96. The van der Waals surface area contributed by atoms with Gasteiger partial charge in [0, 0.05) is 4.88 Å². The van der Waals surface area contributed by atoms with Crippen LogP contribution in [0.1, 0.15) is 10.4 Å². The van der Waals surface area contributed by atoms with Crippen molar-refractivity contribution < 1.29 is 13.9 Å². The van der Waals surface area contributed by atoms with Crippen LogP contribution in [0.15, 0.2) is 63.8 Å². The maximum atomic E-state index is 12.3. The van der Waals surface area contributed by atoms with Gasteiger partial charge in [-0.3, -0.25) is 0 Å². The summed E-state index contributed by atoms with van der Waals surface area (Å²) < 4.78 is 16.8. The van der Waals surface area contributed by atoms with Gasteiger partial charge in [0.2, 0.25) is 0 Å². The summed E-state index contributed by atoms with van der Waals surface area (Å²) in [6, 6.07) is 16.5. The zero-order valence-corrected chi connectivity index (χ0v) is 15.0. The molecule has 4 rings (SSSR count). The molecule has 0 N–H and O–H groups in total. The second-order valence-corrected chi connectivity index (χ2v) is 6.90. The van der Waals surface area contributed by atoms with Crippen LogP contribution in [0.3, 0.4) is 0 Å². The summed E-state index contributed by atoms with van der Waals surface area (Å²) in [4.78, 5) is 18.3. The fourth-order valence-electron chi connectivity index (χ4n) is 2.54. The summed E-state index contributed by atoms with van der Waals surface area (Å²) in [6.07, 6.45) is -0.104. The van der Waals surface area contributed by atoms with Gasteiger partial charge in [-0.2, -0.15) is 4.98 Å². The third-order valence-corrected chi connectivity index (χ3v) is 5.06. The lowest BCUT2D eigenvalue weighted by Gasteiger charge is -2.10. The monoisotopic (exact) mass is 365 g/mol. The highest BCUT2D eigenvalue weighted by molar-refractivity contribution is 7.18. The molecule has 2 heterocycles. The van der Waals surface area contributed by atoms with Gasteiger partial charge in [-0.25, -0.2) is 4.79 Å². The van der Waals surface area contributed by atoms with E-state index in [4.69, 9.17) is 13.9 Å². The fourth-order valence-corrected chi connectivity index (χ4v) is 3.54. The van der Waals surface area contributed by atoms with Crippen LogP contribution in [0, 0.1) is 13.8 Å². The number of nitrogens with zero attached hydrogens (tertiary/aromatic N) is 1. The number of para-hydroxylation sites is 3. The normalized spacial score (nSPS) is 10.8. The minimum absolute atomic E-state index is 0.104. The molecule has 0 aliphatic rings. The lowest BCUT2D eigenvalue weighted by molar-refractivity contribution is 0.297. The number of rotatable bonds is 4. The van der Waals surface area contributed by atoms with Crippen LogP contribution in [0.25, 0.3) is 10.2 Å². The standard InChI is InChI=1S/C20H15NO4S/c1-12-13(2)26-18-17(12)19(22)25-20(21-18)24-16-11-7-6-10-15(16)23-14-8-4-3-5-9-14/h3-11H,1-2H3. The second-order valence-electron chi connectivity index (χ2n) is 5.69. The molecule has 2 aromatic carbocycles. The molecule has 4 aromatic rings. The van der Waals surface area contributed by atoms with Gasteiger partial charge in [-0.15, -0.1) is 11.3 Å². The van der Waals surface area contributed by atoms with Gasteiger partial charge < -0.3 is 13.9 Å². The van der Waals surface area contributed by atoms with Crippen molar-refractivity contribution in [3.63, 3.8) is 0 Å². The van der Waals surface area contributed by atoms with Crippen LogP contribution in [-0.4, -0.2) is 4.98 Å². The van der Waals surface area contributed by atoms with Crippen molar-refractivity contribution in [3.05, 3.63) is 75.5 Å². The zero-order chi connectivity index (χ0) is 18.1. The number of aromatic nitrogens is 1. The Morgan fingerprint density at radius 3 is 2.31 bits per heavy atom. The predicted molar refractivity (Wildman–Crippen MR) is 101 cm³/mol. The maximum absolute atomic E-state index is 12.3. The quantitative estimate of drug-likeness (QED) is 0.481. The topological polar surface area (TPSA) is 61.6 Å². The molecule has 0 radical (unpaired) electrons. The molecule has 0 unspecified atom stereocenters. The first-order chi connectivity index (χ1) is 12.6. The Morgan fingerprint density at radius 2 is 1.58 bits per heavy atom. The van der Waals surface area contributed by atoms with E-state index in [1.807, 2.05) is 56.3 Å². The van der Waals surface area contributed by atoms with Crippen LogP contribution in [0.5, 0.6) is 23.3 Å². The number of fused-ring (bicyclic) bond motifs is 1. The summed E-state index contributed by atoms with van der Waals surface area (Å²) in [6.45, 7) is 3.83. The first-order valence-corrected chi connectivity index (χ1v) is 8.84. The van der Waals surface area contributed by atoms with Gasteiger partial charge in [0.05, 0.1) is 0 Å². The highest BCUT2D eigenvalue weighted by atomic mass is 32.1. The molecule has 0 bridgehead atoms. The number of hydrogen-bond donors (Lipinski definition) is 0. The number of hydrogen-bond acceptors (Lipinski definition) is 6. The first kappa shape index (κ1) is 16.4. The number of aryl methyl sites for hydroxylation is 2. The molecule has 2 aromatic heterocycles. The van der Waals surface area contributed by atoms with Crippen LogP contribution in [0.4, 0.5) is 0 Å². The van der Waals surface area contributed by atoms with E-state index in [-0.39, 0.29) is 6.08 Å². The Labute approximate surface area is 153 Å². The number of thiophene rings is 1. The van der Waals surface area contributed by atoms with E-state index in [2.05, 4.69) is 4.98 Å². The van der Waals surface area contributed by atoms with Crippen molar-refractivity contribution in [1.29, 1.82) is 0 Å². The molecule has 0 saturated heterocycles. The average Bonchev–Trinajstić information content (AvgIpc) is 2.92. The van der Waals surface area contributed by atoms with Crippen molar-refractivity contribution in [2.24, 2.45) is 0 Å². The van der Waals surface area contributed by atoms with Crippen LogP contribution in [-0.2, 0) is 0 Å². The van der Waals surface area contributed by atoms with Crippen molar-refractivity contribution in [1.82, 2.24) is 4.98 Å². The highest BCUT2D eigenvalue weighted by Gasteiger charge is 2.16. The Hall–Kier alpha value is -3.12. The average molecular weight is 365 g/mol. The van der Waals surface area contributed by atoms with E-state index in [1.54, 1.807) is 12.1 Å². The van der Waals surface area contributed by atoms with Crippen molar-refractivity contribution in [2.45, 2.75) is 13.8 Å². The van der Waals surface area contributed by atoms with E-state index >= 15 is 0 Å². The van der Waals surface area contributed by atoms with Gasteiger partial charge in [-0.1, -0.05) is 30.3 Å². The highest BCUT2D eigenvalue weighted by Crippen LogP contribution is 2.35. The Kier molecular flexibility index (Phi) is 4.18. The molecule has 0 fully saturated rings. The molecule has 0 aliphatic heterocycles. The zero-order valence-electron chi connectivity index (χ0n) is 14.2. The molecule has 0 spiro atoms.